The molecular formula is C11H13N5OS. The van der Waals surface area contributed by atoms with Gasteiger partial charge in [0.25, 0.3) is 0 Å². The fourth-order valence-electron chi connectivity index (χ4n) is 1.35. The second-order valence-corrected chi connectivity index (χ2v) is 5.03. The third-order valence-corrected chi connectivity index (χ3v) is 3.56. The van der Waals surface area contributed by atoms with E-state index in [4.69, 9.17) is 5.73 Å². The molecule has 1 aromatic heterocycles. The molecule has 1 atom stereocenters. The molecule has 0 saturated carbocycles. The molecule has 0 spiro atoms. The lowest BCUT2D eigenvalue weighted by molar-refractivity contribution is -0.117. The van der Waals surface area contributed by atoms with Crippen LogP contribution in [0.25, 0.3) is 5.69 Å². The van der Waals surface area contributed by atoms with Crippen LogP contribution in [0.4, 0.5) is 0 Å². The number of carbonyl (C=O) groups is 1. The van der Waals surface area contributed by atoms with Gasteiger partial charge in [-0.3, -0.25) is 4.79 Å². The Morgan fingerprint density at radius 1 is 1.44 bits per heavy atom. The van der Waals surface area contributed by atoms with E-state index < -0.39 is 0 Å². The summed E-state index contributed by atoms with van der Waals surface area (Å²) in [4.78, 5) is 11.0. The number of amides is 1. The van der Waals surface area contributed by atoms with Gasteiger partial charge in [-0.25, -0.2) is 0 Å². The number of tetrazole rings is 1. The normalized spacial score (nSPS) is 12.3. The Bertz CT molecular complexity index is 527. The smallest absolute Gasteiger partial charge is 0.230 e. The molecule has 1 amide bonds. The fraction of sp³-hybridized carbons (Fsp3) is 0.273. The number of aromatic nitrogens is 4. The van der Waals surface area contributed by atoms with E-state index in [2.05, 4.69) is 15.5 Å². The zero-order valence-electron chi connectivity index (χ0n) is 9.85. The summed E-state index contributed by atoms with van der Waals surface area (Å²) < 4.78 is 1.65. The van der Waals surface area contributed by atoms with E-state index in [0.717, 1.165) is 5.69 Å². The second kappa shape index (κ2) is 5.63. The summed E-state index contributed by atoms with van der Waals surface area (Å²) in [5, 5.41) is 11.3. The average Bonchev–Trinajstić information content (AvgIpc) is 2.85. The van der Waals surface area contributed by atoms with Gasteiger partial charge in [-0.1, -0.05) is 18.2 Å². The van der Waals surface area contributed by atoms with Crippen molar-refractivity contribution in [2.24, 2.45) is 5.73 Å². The molecule has 94 valence electrons. The van der Waals surface area contributed by atoms with Crippen molar-refractivity contribution in [3.63, 3.8) is 0 Å². The van der Waals surface area contributed by atoms with E-state index in [9.17, 15) is 4.79 Å². The standard InChI is InChI=1S/C11H13N5OS/c1-8(11(12)17)18-7-10-13-14-15-16(10)9-5-3-2-4-6-9/h2-6,8H,7H2,1H3,(H2,12,17). The van der Waals surface area contributed by atoms with Gasteiger partial charge < -0.3 is 5.73 Å². The number of para-hydroxylation sites is 1. The number of rotatable bonds is 5. The molecule has 0 bridgehead atoms. The van der Waals surface area contributed by atoms with Crippen molar-refractivity contribution in [2.75, 3.05) is 0 Å². The quantitative estimate of drug-likeness (QED) is 0.861. The topological polar surface area (TPSA) is 86.7 Å². The van der Waals surface area contributed by atoms with Crippen LogP contribution in [0.15, 0.2) is 30.3 Å². The molecule has 0 aliphatic carbocycles. The van der Waals surface area contributed by atoms with E-state index in [1.165, 1.54) is 11.8 Å². The molecule has 0 aliphatic rings. The SMILES string of the molecule is CC(SCc1nnnn1-c1ccccc1)C(N)=O. The van der Waals surface area contributed by atoms with Gasteiger partial charge in [0.05, 0.1) is 16.7 Å². The minimum atomic E-state index is -0.335. The van der Waals surface area contributed by atoms with Gasteiger partial charge in [-0.15, -0.1) is 16.9 Å². The fourth-order valence-corrected chi connectivity index (χ4v) is 2.09. The highest BCUT2D eigenvalue weighted by Crippen LogP contribution is 2.17. The van der Waals surface area contributed by atoms with E-state index in [1.807, 2.05) is 30.3 Å². The third kappa shape index (κ3) is 2.86. The first-order valence-corrected chi connectivity index (χ1v) is 6.47. The average molecular weight is 263 g/mol. The van der Waals surface area contributed by atoms with Crippen LogP contribution in [0.1, 0.15) is 12.7 Å². The lowest BCUT2D eigenvalue weighted by atomic mass is 10.3. The summed E-state index contributed by atoms with van der Waals surface area (Å²) in [5.41, 5.74) is 6.10. The van der Waals surface area contributed by atoms with E-state index in [-0.39, 0.29) is 11.2 Å². The molecule has 2 aromatic rings. The van der Waals surface area contributed by atoms with Crippen LogP contribution in [-0.4, -0.2) is 31.4 Å². The highest BCUT2D eigenvalue weighted by Gasteiger charge is 2.13. The first-order valence-electron chi connectivity index (χ1n) is 5.42. The molecule has 6 nitrogen and oxygen atoms in total. The summed E-state index contributed by atoms with van der Waals surface area (Å²) in [6.07, 6.45) is 0. The van der Waals surface area contributed by atoms with Crippen molar-refractivity contribution in [1.82, 2.24) is 20.2 Å². The Balaban J connectivity index is 2.12. The largest absolute Gasteiger partial charge is 0.369 e. The van der Waals surface area contributed by atoms with Crippen molar-refractivity contribution in [2.45, 2.75) is 17.9 Å². The van der Waals surface area contributed by atoms with Gasteiger partial charge in [-0.05, 0) is 29.5 Å². The Kier molecular flexibility index (Phi) is 3.93. The minimum absolute atomic E-state index is 0.258. The monoisotopic (exact) mass is 263 g/mol. The zero-order chi connectivity index (χ0) is 13.0. The van der Waals surface area contributed by atoms with Crippen molar-refractivity contribution in [1.29, 1.82) is 0 Å². The van der Waals surface area contributed by atoms with Gasteiger partial charge in [0, 0.05) is 0 Å². The molecule has 2 rings (SSSR count). The van der Waals surface area contributed by atoms with E-state index >= 15 is 0 Å². The predicted molar refractivity (Wildman–Crippen MR) is 69.1 cm³/mol. The summed E-state index contributed by atoms with van der Waals surface area (Å²) >= 11 is 1.41. The molecule has 0 radical (unpaired) electrons. The van der Waals surface area contributed by atoms with Crippen LogP contribution in [-0.2, 0) is 10.5 Å². The molecule has 0 aliphatic heterocycles. The highest BCUT2D eigenvalue weighted by atomic mass is 32.2. The number of carbonyl (C=O) groups excluding carboxylic acids is 1. The van der Waals surface area contributed by atoms with Gasteiger partial charge in [0.2, 0.25) is 5.91 Å². The van der Waals surface area contributed by atoms with Gasteiger partial charge in [0.1, 0.15) is 0 Å². The summed E-state index contributed by atoms with van der Waals surface area (Å²) in [6.45, 7) is 1.77. The Hall–Kier alpha value is -1.89. The summed E-state index contributed by atoms with van der Waals surface area (Å²) in [5.74, 6) is 0.893. The summed E-state index contributed by atoms with van der Waals surface area (Å²) in [6, 6.07) is 9.60. The van der Waals surface area contributed by atoms with Crippen LogP contribution >= 0.6 is 11.8 Å². The van der Waals surface area contributed by atoms with Crippen LogP contribution in [0.5, 0.6) is 0 Å². The minimum Gasteiger partial charge on any atom is -0.369 e. The molecule has 18 heavy (non-hydrogen) atoms. The Morgan fingerprint density at radius 3 is 2.83 bits per heavy atom. The molecule has 0 fully saturated rings. The van der Waals surface area contributed by atoms with Gasteiger partial charge in [-0.2, -0.15) is 4.68 Å². The number of nitrogens with two attached hydrogens (primary N) is 1. The van der Waals surface area contributed by atoms with Crippen molar-refractivity contribution in [3.05, 3.63) is 36.2 Å². The van der Waals surface area contributed by atoms with Crippen LogP contribution in [0.2, 0.25) is 0 Å². The number of benzene rings is 1. The number of primary amides is 1. The lowest BCUT2D eigenvalue weighted by Gasteiger charge is -2.07. The molecular weight excluding hydrogens is 250 g/mol. The van der Waals surface area contributed by atoms with Gasteiger partial charge in [0.15, 0.2) is 5.82 Å². The van der Waals surface area contributed by atoms with Crippen LogP contribution in [0.3, 0.4) is 0 Å². The number of nitrogens with zero attached hydrogens (tertiary/aromatic N) is 4. The maximum Gasteiger partial charge on any atom is 0.230 e. The van der Waals surface area contributed by atoms with E-state index in [0.29, 0.717) is 11.6 Å². The third-order valence-electron chi connectivity index (χ3n) is 2.40. The first kappa shape index (κ1) is 12.6. The van der Waals surface area contributed by atoms with Crippen molar-refractivity contribution in [3.8, 4) is 5.69 Å². The van der Waals surface area contributed by atoms with Crippen LogP contribution < -0.4 is 5.73 Å². The van der Waals surface area contributed by atoms with Crippen molar-refractivity contribution >= 4 is 17.7 Å². The molecule has 0 saturated heterocycles. The molecule has 1 aromatic carbocycles. The second-order valence-electron chi connectivity index (χ2n) is 3.70. The lowest BCUT2D eigenvalue weighted by Crippen LogP contribution is -2.22. The number of thioether (sulfide) groups is 1. The highest BCUT2D eigenvalue weighted by molar-refractivity contribution is 7.99. The number of hydrogen-bond acceptors (Lipinski definition) is 5. The van der Waals surface area contributed by atoms with Crippen molar-refractivity contribution < 1.29 is 4.79 Å². The number of hydrogen-bond donors (Lipinski definition) is 1. The maximum absolute atomic E-state index is 11.0. The summed E-state index contributed by atoms with van der Waals surface area (Å²) in [7, 11) is 0. The van der Waals surface area contributed by atoms with E-state index in [1.54, 1.807) is 11.6 Å². The molecule has 1 heterocycles. The first-order chi connectivity index (χ1) is 8.68. The van der Waals surface area contributed by atoms with Crippen LogP contribution in [0, 0.1) is 0 Å². The Labute approximate surface area is 109 Å². The molecule has 1 unspecified atom stereocenters. The molecule has 2 N–H and O–H groups in total. The molecule has 7 heteroatoms. The zero-order valence-corrected chi connectivity index (χ0v) is 10.7. The maximum atomic E-state index is 11.0. The Morgan fingerprint density at radius 2 is 2.17 bits per heavy atom. The predicted octanol–water partition coefficient (Wildman–Crippen LogP) is 0.769. The van der Waals surface area contributed by atoms with Gasteiger partial charge >= 0.3 is 0 Å².